The molecule has 1 fully saturated rings. The van der Waals surface area contributed by atoms with Crippen LogP contribution in [0.3, 0.4) is 0 Å². The zero-order valence-electron chi connectivity index (χ0n) is 10.7. The highest BCUT2D eigenvalue weighted by Gasteiger charge is 2.32. The molecule has 2 atom stereocenters. The topological polar surface area (TPSA) is 69.6 Å². The van der Waals surface area contributed by atoms with Crippen molar-refractivity contribution < 1.29 is 19.1 Å². The van der Waals surface area contributed by atoms with Gasteiger partial charge in [-0.15, -0.1) is 0 Å². The van der Waals surface area contributed by atoms with Gasteiger partial charge in [-0.2, -0.15) is 0 Å². The molecular weight excluding hydrogens is 251 g/mol. The number of carbonyl (C=O) groups excluding carboxylic acids is 2. The van der Waals surface area contributed by atoms with Crippen molar-refractivity contribution in [3.05, 3.63) is 29.6 Å². The van der Waals surface area contributed by atoms with Crippen LogP contribution >= 0.6 is 0 Å². The molecule has 6 heteroatoms. The first kappa shape index (κ1) is 13.5. The first-order valence-corrected chi connectivity index (χ1v) is 5.98. The SMILES string of the molecule is CC(O)c1c(F)cccc1N1CC(=O)NC(=O)C1C. The largest absolute Gasteiger partial charge is 0.389 e. The van der Waals surface area contributed by atoms with Crippen LogP contribution in [0.25, 0.3) is 0 Å². The molecule has 1 heterocycles. The minimum Gasteiger partial charge on any atom is -0.389 e. The number of nitrogens with one attached hydrogen (secondary N) is 1. The van der Waals surface area contributed by atoms with E-state index in [1.807, 2.05) is 0 Å². The van der Waals surface area contributed by atoms with Crippen molar-refractivity contribution in [2.45, 2.75) is 26.0 Å². The highest BCUT2D eigenvalue weighted by atomic mass is 19.1. The van der Waals surface area contributed by atoms with E-state index in [1.165, 1.54) is 24.0 Å². The van der Waals surface area contributed by atoms with E-state index in [9.17, 15) is 19.1 Å². The number of hydrogen-bond acceptors (Lipinski definition) is 4. The van der Waals surface area contributed by atoms with E-state index in [2.05, 4.69) is 5.32 Å². The fourth-order valence-electron chi connectivity index (χ4n) is 2.20. The van der Waals surface area contributed by atoms with Crippen molar-refractivity contribution in [3.8, 4) is 0 Å². The summed E-state index contributed by atoms with van der Waals surface area (Å²) in [5, 5.41) is 11.9. The number of aliphatic hydroxyl groups excluding tert-OH is 1. The van der Waals surface area contributed by atoms with E-state index in [-0.39, 0.29) is 12.1 Å². The lowest BCUT2D eigenvalue weighted by Gasteiger charge is -2.35. The zero-order chi connectivity index (χ0) is 14.2. The Labute approximate surface area is 110 Å². The van der Waals surface area contributed by atoms with Crippen LogP contribution in [0.2, 0.25) is 0 Å². The number of nitrogens with zero attached hydrogens (tertiary/aromatic N) is 1. The fraction of sp³-hybridized carbons (Fsp3) is 0.385. The molecule has 0 aromatic heterocycles. The molecule has 2 N–H and O–H groups in total. The third kappa shape index (κ3) is 2.44. The normalized spacial score (nSPS) is 21.3. The Kier molecular flexibility index (Phi) is 3.53. The second-order valence-electron chi connectivity index (χ2n) is 4.56. The minimum absolute atomic E-state index is 0.0456. The Morgan fingerprint density at radius 3 is 2.79 bits per heavy atom. The predicted molar refractivity (Wildman–Crippen MR) is 67.0 cm³/mol. The van der Waals surface area contributed by atoms with Gasteiger partial charge in [0, 0.05) is 11.3 Å². The van der Waals surface area contributed by atoms with E-state index in [0.717, 1.165) is 0 Å². The maximum Gasteiger partial charge on any atom is 0.249 e. The van der Waals surface area contributed by atoms with Gasteiger partial charge in [-0.1, -0.05) is 6.07 Å². The number of piperazine rings is 1. The summed E-state index contributed by atoms with van der Waals surface area (Å²) in [6.07, 6.45) is -1.02. The Morgan fingerprint density at radius 1 is 1.47 bits per heavy atom. The van der Waals surface area contributed by atoms with Gasteiger partial charge in [-0.05, 0) is 26.0 Å². The fourth-order valence-corrected chi connectivity index (χ4v) is 2.20. The minimum atomic E-state index is -1.02. The van der Waals surface area contributed by atoms with E-state index in [4.69, 9.17) is 0 Å². The Morgan fingerprint density at radius 2 is 2.16 bits per heavy atom. The van der Waals surface area contributed by atoms with Crippen molar-refractivity contribution in [1.29, 1.82) is 0 Å². The number of rotatable bonds is 2. The summed E-state index contributed by atoms with van der Waals surface area (Å²) in [5.74, 6) is -1.43. The zero-order valence-corrected chi connectivity index (χ0v) is 10.7. The summed E-state index contributed by atoms with van der Waals surface area (Å²) in [7, 11) is 0. The summed E-state index contributed by atoms with van der Waals surface area (Å²) in [6, 6.07) is 3.72. The molecule has 2 amide bonds. The van der Waals surface area contributed by atoms with Crippen molar-refractivity contribution in [1.82, 2.24) is 5.32 Å². The van der Waals surface area contributed by atoms with Crippen molar-refractivity contribution in [2.24, 2.45) is 0 Å². The van der Waals surface area contributed by atoms with Crippen LogP contribution in [0.15, 0.2) is 18.2 Å². The molecule has 102 valence electrons. The van der Waals surface area contributed by atoms with Crippen LogP contribution < -0.4 is 10.2 Å². The monoisotopic (exact) mass is 266 g/mol. The summed E-state index contributed by atoms with van der Waals surface area (Å²) < 4.78 is 13.8. The standard InChI is InChI=1S/C13H15FN2O3/c1-7-13(19)15-11(18)6-16(7)10-5-3-4-9(14)12(10)8(2)17/h3-5,7-8,17H,6H2,1-2H3,(H,15,18,19). The van der Waals surface area contributed by atoms with Crippen LogP contribution in [0, 0.1) is 5.82 Å². The number of benzene rings is 1. The summed E-state index contributed by atoms with van der Waals surface area (Å²) in [5.41, 5.74) is 0.461. The van der Waals surface area contributed by atoms with E-state index < -0.39 is 29.8 Å². The molecule has 1 aliphatic rings. The Hall–Kier alpha value is -1.95. The van der Waals surface area contributed by atoms with Gasteiger partial charge in [0.05, 0.1) is 12.6 Å². The van der Waals surface area contributed by atoms with Gasteiger partial charge >= 0.3 is 0 Å². The number of hydrogen-bond donors (Lipinski definition) is 2. The summed E-state index contributed by atoms with van der Waals surface area (Å²) in [6.45, 7) is 3.02. The number of carbonyl (C=O) groups is 2. The maximum atomic E-state index is 13.8. The molecule has 5 nitrogen and oxygen atoms in total. The summed E-state index contributed by atoms with van der Waals surface area (Å²) in [4.78, 5) is 24.6. The molecule has 1 aromatic rings. The van der Waals surface area contributed by atoms with Crippen LogP contribution in [0.5, 0.6) is 0 Å². The third-order valence-electron chi connectivity index (χ3n) is 3.18. The lowest BCUT2D eigenvalue weighted by molar-refractivity contribution is -0.132. The van der Waals surface area contributed by atoms with Crippen molar-refractivity contribution in [2.75, 3.05) is 11.4 Å². The van der Waals surface area contributed by atoms with Crippen LogP contribution in [-0.2, 0) is 9.59 Å². The average Bonchev–Trinajstić information content (AvgIpc) is 2.33. The molecule has 0 radical (unpaired) electrons. The van der Waals surface area contributed by atoms with Gasteiger partial charge in [0.25, 0.3) is 0 Å². The Balaban J connectivity index is 2.49. The van der Waals surface area contributed by atoms with E-state index in [0.29, 0.717) is 5.69 Å². The predicted octanol–water partition coefficient (Wildman–Crippen LogP) is 0.730. The summed E-state index contributed by atoms with van der Waals surface area (Å²) >= 11 is 0. The van der Waals surface area contributed by atoms with Crippen molar-refractivity contribution >= 4 is 17.5 Å². The lowest BCUT2D eigenvalue weighted by atomic mass is 10.0. The number of amides is 2. The molecule has 2 rings (SSSR count). The molecule has 1 saturated heterocycles. The molecule has 0 aliphatic carbocycles. The van der Waals surface area contributed by atoms with Crippen LogP contribution in [0.4, 0.5) is 10.1 Å². The first-order valence-electron chi connectivity index (χ1n) is 5.98. The van der Waals surface area contributed by atoms with Crippen LogP contribution in [-0.4, -0.2) is 29.5 Å². The quantitative estimate of drug-likeness (QED) is 0.774. The van der Waals surface area contributed by atoms with Gasteiger partial charge in [-0.25, -0.2) is 4.39 Å². The molecular formula is C13H15FN2O3. The number of imide groups is 1. The maximum absolute atomic E-state index is 13.8. The molecule has 0 saturated carbocycles. The van der Waals surface area contributed by atoms with Gasteiger partial charge in [0.1, 0.15) is 11.9 Å². The lowest BCUT2D eigenvalue weighted by Crippen LogP contribution is -2.57. The second kappa shape index (κ2) is 4.97. The van der Waals surface area contributed by atoms with Gasteiger partial charge in [0.2, 0.25) is 11.8 Å². The van der Waals surface area contributed by atoms with Crippen molar-refractivity contribution in [3.63, 3.8) is 0 Å². The van der Waals surface area contributed by atoms with Gasteiger partial charge in [0.15, 0.2) is 0 Å². The molecule has 1 aliphatic heterocycles. The van der Waals surface area contributed by atoms with Gasteiger partial charge in [-0.3, -0.25) is 14.9 Å². The highest BCUT2D eigenvalue weighted by molar-refractivity contribution is 6.04. The molecule has 0 bridgehead atoms. The van der Waals surface area contributed by atoms with E-state index >= 15 is 0 Å². The molecule has 19 heavy (non-hydrogen) atoms. The van der Waals surface area contributed by atoms with Crippen LogP contribution in [0.1, 0.15) is 25.5 Å². The van der Waals surface area contributed by atoms with E-state index in [1.54, 1.807) is 13.0 Å². The molecule has 1 aromatic carbocycles. The third-order valence-corrected chi connectivity index (χ3v) is 3.18. The number of halogens is 1. The Bertz CT molecular complexity index is 531. The molecule has 2 unspecified atom stereocenters. The highest BCUT2D eigenvalue weighted by Crippen LogP contribution is 2.30. The average molecular weight is 266 g/mol. The number of anilines is 1. The number of aliphatic hydroxyl groups is 1. The first-order chi connectivity index (χ1) is 8.91. The molecule has 0 spiro atoms. The smallest absolute Gasteiger partial charge is 0.249 e. The van der Waals surface area contributed by atoms with Gasteiger partial charge < -0.3 is 10.0 Å². The second-order valence-corrected chi connectivity index (χ2v) is 4.56.